The zero-order valence-electron chi connectivity index (χ0n) is 16.3. The Morgan fingerprint density at radius 1 is 1.07 bits per heavy atom. The molecule has 7 heteroatoms. The second-order valence-corrected chi connectivity index (χ2v) is 6.85. The van der Waals surface area contributed by atoms with Crippen molar-refractivity contribution in [3.05, 3.63) is 76.6 Å². The topological polar surface area (TPSA) is 78.4 Å². The second kappa shape index (κ2) is 8.32. The minimum Gasteiger partial charge on any atom is -0.493 e. The van der Waals surface area contributed by atoms with Gasteiger partial charge in [0.05, 0.1) is 11.5 Å². The molecule has 0 saturated heterocycles. The van der Waals surface area contributed by atoms with Crippen molar-refractivity contribution in [3.63, 3.8) is 0 Å². The molecule has 0 N–H and O–H groups in total. The number of rotatable bonds is 7. The number of oxazole rings is 1. The summed E-state index contributed by atoms with van der Waals surface area (Å²) in [7, 11) is 0. The summed E-state index contributed by atoms with van der Waals surface area (Å²) >= 11 is 0. The Labute approximate surface area is 172 Å². The highest BCUT2D eigenvalue weighted by Crippen LogP contribution is 2.30. The van der Waals surface area contributed by atoms with Crippen molar-refractivity contribution >= 4 is 16.8 Å². The van der Waals surface area contributed by atoms with Gasteiger partial charge >= 0.3 is 0 Å². The SMILES string of the molecule is CCCCOc1ccc(-c2ccc(-c3nc4cc([N+](=O)[O-])ccc4o3)cc2)c(F)c1. The van der Waals surface area contributed by atoms with E-state index in [1.165, 1.54) is 24.3 Å². The molecule has 0 aliphatic carbocycles. The number of halogens is 1. The van der Waals surface area contributed by atoms with Crippen LogP contribution in [-0.4, -0.2) is 16.5 Å². The van der Waals surface area contributed by atoms with Gasteiger partial charge in [0.1, 0.15) is 17.1 Å². The number of benzene rings is 3. The molecular formula is C23H19FN2O4. The summed E-state index contributed by atoms with van der Waals surface area (Å²) in [4.78, 5) is 14.8. The summed E-state index contributed by atoms with van der Waals surface area (Å²) in [5.74, 6) is 0.505. The summed E-state index contributed by atoms with van der Waals surface area (Å²) in [6.45, 7) is 2.64. The molecule has 0 aliphatic rings. The molecule has 3 aromatic carbocycles. The molecule has 4 rings (SSSR count). The van der Waals surface area contributed by atoms with Crippen molar-refractivity contribution in [1.29, 1.82) is 0 Å². The minimum absolute atomic E-state index is 0.0460. The van der Waals surface area contributed by atoms with Crippen LogP contribution in [0.25, 0.3) is 33.7 Å². The van der Waals surface area contributed by atoms with Crippen molar-refractivity contribution < 1.29 is 18.5 Å². The second-order valence-electron chi connectivity index (χ2n) is 6.85. The van der Waals surface area contributed by atoms with Crippen LogP contribution in [0.1, 0.15) is 19.8 Å². The molecule has 0 atom stereocenters. The lowest BCUT2D eigenvalue weighted by Crippen LogP contribution is -1.97. The van der Waals surface area contributed by atoms with Gasteiger partial charge in [-0.25, -0.2) is 9.37 Å². The van der Waals surface area contributed by atoms with Gasteiger partial charge in [-0.1, -0.05) is 25.5 Å². The lowest BCUT2D eigenvalue weighted by atomic mass is 10.0. The molecule has 0 fully saturated rings. The third-order valence-electron chi connectivity index (χ3n) is 4.73. The van der Waals surface area contributed by atoms with Gasteiger partial charge in [-0.3, -0.25) is 10.1 Å². The molecule has 0 unspecified atom stereocenters. The van der Waals surface area contributed by atoms with E-state index in [2.05, 4.69) is 11.9 Å². The Morgan fingerprint density at radius 2 is 1.83 bits per heavy atom. The maximum atomic E-state index is 14.5. The van der Waals surface area contributed by atoms with Crippen LogP contribution >= 0.6 is 0 Å². The van der Waals surface area contributed by atoms with Crippen LogP contribution < -0.4 is 4.74 Å². The molecule has 0 spiro atoms. The predicted octanol–water partition coefficient (Wildman–Crippen LogP) is 6.39. The molecule has 0 aliphatic heterocycles. The van der Waals surface area contributed by atoms with Crippen molar-refractivity contribution in [1.82, 2.24) is 4.98 Å². The van der Waals surface area contributed by atoms with Gasteiger partial charge in [-0.2, -0.15) is 0 Å². The number of fused-ring (bicyclic) bond motifs is 1. The normalized spacial score (nSPS) is 11.0. The molecule has 4 aromatic rings. The lowest BCUT2D eigenvalue weighted by Gasteiger charge is -2.08. The summed E-state index contributed by atoms with van der Waals surface area (Å²) < 4.78 is 25.8. The van der Waals surface area contributed by atoms with Crippen molar-refractivity contribution in [2.45, 2.75) is 19.8 Å². The van der Waals surface area contributed by atoms with E-state index < -0.39 is 4.92 Å². The Balaban J connectivity index is 1.57. The maximum absolute atomic E-state index is 14.5. The molecule has 6 nitrogen and oxygen atoms in total. The number of unbranched alkanes of at least 4 members (excludes halogenated alkanes) is 1. The average Bonchev–Trinajstić information content (AvgIpc) is 3.17. The minimum atomic E-state index is -0.475. The zero-order valence-corrected chi connectivity index (χ0v) is 16.3. The third-order valence-corrected chi connectivity index (χ3v) is 4.73. The van der Waals surface area contributed by atoms with Crippen LogP contribution in [0, 0.1) is 15.9 Å². The summed E-state index contributed by atoms with van der Waals surface area (Å²) in [5.41, 5.74) is 2.70. The van der Waals surface area contributed by atoms with Crippen LogP contribution in [0.4, 0.5) is 10.1 Å². The Kier molecular flexibility index (Phi) is 5.43. The highest BCUT2D eigenvalue weighted by atomic mass is 19.1. The number of hydrogen-bond acceptors (Lipinski definition) is 5. The summed E-state index contributed by atoms with van der Waals surface area (Å²) in [6.07, 6.45) is 1.94. The fourth-order valence-electron chi connectivity index (χ4n) is 3.10. The summed E-state index contributed by atoms with van der Waals surface area (Å²) in [5, 5.41) is 10.9. The van der Waals surface area contributed by atoms with Gasteiger partial charge in [0.2, 0.25) is 5.89 Å². The lowest BCUT2D eigenvalue weighted by molar-refractivity contribution is -0.384. The molecule has 0 saturated carbocycles. The van der Waals surface area contributed by atoms with Crippen LogP contribution in [0.3, 0.4) is 0 Å². The first kappa shape index (κ1) is 19.6. The first-order chi connectivity index (χ1) is 14.5. The highest BCUT2D eigenvalue weighted by Gasteiger charge is 2.13. The predicted molar refractivity (Wildman–Crippen MR) is 112 cm³/mol. The molecule has 1 heterocycles. The quantitative estimate of drug-likeness (QED) is 0.202. The maximum Gasteiger partial charge on any atom is 0.271 e. The van der Waals surface area contributed by atoms with Gasteiger partial charge in [-0.15, -0.1) is 0 Å². The average molecular weight is 406 g/mol. The summed E-state index contributed by atoms with van der Waals surface area (Å²) in [6, 6.07) is 16.2. The number of ether oxygens (including phenoxy) is 1. The van der Waals surface area contributed by atoms with E-state index in [1.54, 1.807) is 36.4 Å². The number of nitro benzene ring substituents is 1. The van der Waals surface area contributed by atoms with Crippen LogP contribution in [0.5, 0.6) is 5.75 Å². The highest BCUT2D eigenvalue weighted by molar-refractivity contribution is 5.79. The van der Waals surface area contributed by atoms with E-state index in [-0.39, 0.29) is 11.5 Å². The van der Waals surface area contributed by atoms with E-state index in [1.807, 2.05) is 0 Å². The number of nitro groups is 1. The first-order valence-corrected chi connectivity index (χ1v) is 9.63. The van der Waals surface area contributed by atoms with E-state index in [0.29, 0.717) is 46.0 Å². The van der Waals surface area contributed by atoms with Gasteiger partial charge in [0.25, 0.3) is 5.69 Å². The van der Waals surface area contributed by atoms with Crippen LogP contribution in [-0.2, 0) is 0 Å². The van der Waals surface area contributed by atoms with Crippen LogP contribution in [0.2, 0.25) is 0 Å². The van der Waals surface area contributed by atoms with E-state index in [0.717, 1.165) is 12.8 Å². The standard InChI is InChI=1S/C23H19FN2O4/c1-2-3-12-29-18-9-10-19(20(24)14-18)15-4-6-16(7-5-15)23-25-21-13-17(26(27)28)8-11-22(21)30-23/h4-11,13-14H,2-3,12H2,1H3. The zero-order chi connectivity index (χ0) is 21.1. The van der Waals surface area contributed by atoms with Gasteiger partial charge in [-0.05, 0) is 42.3 Å². The number of aromatic nitrogens is 1. The van der Waals surface area contributed by atoms with Crippen molar-refractivity contribution in [2.75, 3.05) is 6.61 Å². The third kappa shape index (κ3) is 4.00. The fraction of sp³-hybridized carbons (Fsp3) is 0.174. The van der Waals surface area contributed by atoms with Crippen molar-refractivity contribution in [2.24, 2.45) is 0 Å². The van der Waals surface area contributed by atoms with Gasteiger partial charge in [0, 0.05) is 29.3 Å². The van der Waals surface area contributed by atoms with E-state index >= 15 is 0 Å². The molecule has 0 amide bonds. The van der Waals surface area contributed by atoms with Crippen LogP contribution in [0.15, 0.2) is 65.1 Å². The molecule has 0 radical (unpaired) electrons. The van der Waals surface area contributed by atoms with E-state index in [4.69, 9.17) is 9.15 Å². The number of hydrogen-bond donors (Lipinski definition) is 0. The molecular weight excluding hydrogens is 387 g/mol. The number of non-ortho nitro benzene ring substituents is 1. The molecule has 152 valence electrons. The van der Waals surface area contributed by atoms with Gasteiger partial charge < -0.3 is 9.15 Å². The Morgan fingerprint density at radius 3 is 2.53 bits per heavy atom. The number of nitrogens with zero attached hydrogens (tertiary/aromatic N) is 2. The van der Waals surface area contributed by atoms with Crippen molar-refractivity contribution in [3.8, 4) is 28.3 Å². The first-order valence-electron chi connectivity index (χ1n) is 9.63. The monoisotopic (exact) mass is 406 g/mol. The van der Waals surface area contributed by atoms with E-state index in [9.17, 15) is 14.5 Å². The molecule has 0 bridgehead atoms. The fourth-order valence-corrected chi connectivity index (χ4v) is 3.10. The Hall–Kier alpha value is -3.74. The smallest absolute Gasteiger partial charge is 0.271 e. The Bertz CT molecular complexity index is 1200. The molecule has 30 heavy (non-hydrogen) atoms. The van der Waals surface area contributed by atoms with Gasteiger partial charge in [0.15, 0.2) is 5.58 Å². The molecule has 1 aromatic heterocycles. The largest absolute Gasteiger partial charge is 0.493 e.